The number of rotatable bonds is 0. The van der Waals surface area contributed by atoms with Crippen LogP contribution in [0.25, 0.3) is 0 Å². The summed E-state index contributed by atoms with van der Waals surface area (Å²) in [5.74, 6) is 2.33. The Kier molecular flexibility index (Phi) is 1.33. The van der Waals surface area contributed by atoms with Crippen LogP contribution in [0.5, 0.6) is 0 Å². The van der Waals surface area contributed by atoms with Gasteiger partial charge in [-0.15, -0.1) is 0 Å². The lowest BCUT2D eigenvalue weighted by Gasteiger charge is -2.30. The Balaban J connectivity index is 2.23. The molecule has 0 aromatic heterocycles. The van der Waals surface area contributed by atoms with Gasteiger partial charge < -0.3 is 0 Å². The van der Waals surface area contributed by atoms with E-state index in [0.717, 1.165) is 17.4 Å². The van der Waals surface area contributed by atoms with Gasteiger partial charge in [-0.05, 0) is 25.2 Å². The summed E-state index contributed by atoms with van der Waals surface area (Å²) in [5, 5.41) is 0. The van der Waals surface area contributed by atoms with E-state index < -0.39 is 0 Å². The Labute approximate surface area is 81.4 Å². The molecule has 0 aromatic carbocycles. The van der Waals surface area contributed by atoms with Crippen molar-refractivity contribution in [3.8, 4) is 0 Å². The lowest BCUT2D eigenvalue weighted by Crippen LogP contribution is -2.33. The van der Waals surface area contributed by atoms with E-state index in [4.69, 9.17) is 0 Å². The van der Waals surface area contributed by atoms with Crippen molar-refractivity contribution < 1.29 is 0 Å². The SMILES string of the molecule is CC1=NC2=CC=CC3=CC=NC(=N1)N32. The van der Waals surface area contributed by atoms with Gasteiger partial charge in [0.25, 0.3) is 0 Å². The zero-order valence-corrected chi connectivity index (χ0v) is 7.68. The number of nitrogens with zero attached hydrogens (tertiary/aromatic N) is 4. The second kappa shape index (κ2) is 2.51. The zero-order chi connectivity index (χ0) is 9.54. The van der Waals surface area contributed by atoms with Crippen molar-refractivity contribution in [2.24, 2.45) is 15.0 Å². The molecule has 0 bridgehead atoms. The van der Waals surface area contributed by atoms with Gasteiger partial charge in [-0.1, -0.05) is 6.08 Å². The maximum Gasteiger partial charge on any atom is 0.237 e. The first-order valence-electron chi connectivity index (χ1n) is 4.41. The number of hydrogen-bond acceptors (Lipinski definition) is 4. The quantitative estimate of drug-likeness (QED) is 0.561. The molecule has 0 fully saturated rings. The minimum Gasteiger partial charge on any atom is -0.263 e. The molecule has 3 heterocycles. The predicted octanol–water partition coefficient (Wildman–Crippen LogP) is 1.46. The van der Waals surface area contributed by atoms with Crippen LogP contribution in [0.1, 0.15) is 6.92 Å². The van der Waals surface area contributed by atoms with Gasteiger partial charge in [-0.3, -0.25) is 4.90 Å². The summed E-state index contributed by atoms with van der Waals surface area (Å²) in [5.41, 5.74) is 1.06. The van der Waals surface area contributed by atoms with Crippen LogP contribution in [0, 0.1) is 0 Å². The summed E-state index contributed by atoms with van der Waals surface area (Å²) < 4.78 is 0. The van der Waals surface area contributed by atoms with Crippen LogP contribution in [0.3, 0.4) is 0 Å². The van der Waals surface area contributed by atoms with E-state index >= 15 is 0 Å². The monoisotopic (exact) mass is 184 g/mol. The molecule has 0 N–H and O–H groups in total. The third-order valence-corrected chi connectivity index (χ3v) is 2.17. The molecule has 14 heavy (non-hydrogen) atoms. The molecular formula is C10H8N4. The van der Waals surface area contributed by atoms with Crippen LogP contribution < -0.4 is 0 Å². The summed E-state index contributed by atoms with van der Waals surface area (Å²) in [7, 11) is 0. The Morgan fingerprint density at radius 1 is 1.21 bits per heavy atom. The van der Waals surface area contributed by atoms with Crippen molar-refractivity contribution in [1.29, 1.82) is 0 Å². The molecule has 0 aromatic rings. The van der Waals surface area contributed by atoms with E-state index in [2.05, 4.69) is 15.0 Å². The topological polar surface area (TPSA) is 40.3 Å². The maximum absolute atomic E-state index is 4.34. The predicted molar refractivity (Wildman–Crippen MR) is 56.2 cm³/mol. The molecule has 0 unspecified atom stereocenters. The van der Waals surface area contributed by atoms with Gasteiger partial charge in [0.2, 0.25) is 5.96 Å². The van der Waals surface area contributed by atoms with Gasteiger partial charge in [-0.2, -0.15) is 4.99 Å². The molecule has 0 spiro atoms. The molecule has 0 saturated carbocycles. The Hall–Kier alpha value is -1.97. The highest BCUT2D eigenvalue weighted by Gasteiger charge is 2.25. The van der Waals surface area contributed by atoms with Crippen LogP contribution >= 0.6 is 0 Å². The van der Waals surface area contributed by atoms with Crippen molar-refractivity contribution in [2.45, 2.75) is 6.92 Å². The summed E-state index contributed by atoms with van der Waals surface area (Å²) in [6, 6.07) is 0. The summed E-state index contributed by atoms with van der Waals surface area (Å²) in [6.45, 7) is 1.87. The minimum atomic E-state index is 0.700. The Bertz CT molecular complexity index is 472. The molecule has 0 atom stereocenters. The number of aliphatic imine (C=N–C) groups is 3. The van der Waals surface area contributed by atoms with E-state index in [1.807, 2.05) is 36.1 Å². The molecule has 4 heteroatoms. The van der Waals surface area contributed by atoms with E-state index in [1.54, 1.807) is 6.21 Å². The van der Waals surface area contributed by atoms with Crippen LogP contribution in [-0.2, 0) is 0 Å². The van der Waals surface area contributed by atoms with Gasteiger partial charge in [-0.25, -0.2) is 9.98 Å². The number of guanidine groups is 1. The Morgan fingerprint density at radius 2 is 2.14 bits per heavy atom. The first-order chi connectivity index (χ1) is 6.84. The van der Waals surface area contributed by atoms with Gasteiger partial charge in [0.15, 0.2) is 0 Å². The molecule has 4 nitrogen and oxygen atoms in total. The summed E-state index contributed by atoms with van der Waals surface area (Å²) in [4.78, 5) is 14.7. The van der Waals surface area contributed by atoms with Crippen molar-refractivity contribution in [2.75, 3.05) is 0 Å². The Morgan fingerprint density at radius 3 is 3.07 bits per heavy atom. The van der Waals surface area contributed by atoms with Gasteiger partial charge in [0.05, 0.1) is 5.70 Å². The van der Waals surface area contributed by atoms with Crippen molar-refractivity contribution in [1.82, 2.24) is 4.90 Å². The fourth-order valence-electron chi connectivity index (χ4n) is 1.60. The molecule has 3 rings (SSSR count). The average molecular weight is 184 g/mol. The fraction of sp³-hybridized carbons (Fsp3) is 0.100. The van der Waals surface area contributed by atoms with Crippen LogP contribution in [-0.4, -0.2) is 22.9 Å². The lowest BCUT2D eigenvalue weighted by molar-refractivity contribution is 0.617. The number of allylic oxidation sites excluding steroid dienone is 4. The van der Waals surface area contributed by atoms with Crippen LogP contribution in [0.15, 0.2) is 50.8 Å². The summed E-state index contributed by atoms with van der Waals surface area (Å²) in [6.07, 6.45) is 9.66. The standard InChI is InChI=1S/C10H8N4/c1-7-12-9-4-2-3-8-5-6-11-10(13-7)14(8)9/h2-6H,1H3. The smallest absolute Gasteiger partial charge is 0.237 e. The van der Waals surface area contributed by atoms with Crippen LogP contribution in [0.2, 0.25) is 0 Å². The second-order valence-corrected chi connectivity index (χ2v) is 3.16. The first kappa shape index (κ1) is 7.44. The molecule has 0 radical (unpaired) electrons. The lowest BCUT2D eigenvalue weighted by atomic mass is 10.2. The van der Waals surface area contributed by atoms with Gasteiger partial charge in [0.1, 0.15) is 11.7 Å². The van der Waals surface area contributed by atoms with E-state index in [-0.39, 0.29) is 0 Å². The number of amidine groups is 1. The van der Waals surface area contributed by atoms with Gasteiger partial charge in [0, 0.05) is 6.21 Å². The fourth-order valence-corrected chi connectivity index (χ4v) is 1.60. The van der Waals surface area contributed by atoms with Crippen molar-refractivity contribution in [3.05, 3.63) is 35.8 Å². The highest BCUT2D eigenvalue weighted by atomic mass is 15.4. The molecule has 68 valence electrons. The highest BCUT2D eigenvalue weighted by Crippen LogP contribution is 2.25. The third kappa shape index (κ3) is 0.907. The minimum absolute atomic E-state index is 0.700. The summed E-state index contributed by atoms with van der Waals surface area (Å²) >= 11 is 0. The largest absolute Gasteiger partial charge is 0.263 e. The van der Waals surface area contributed by atoms with E-state index in [9.17, 15) is 0 Å². The normalized spacial score (nSPS) is 22.2. The third-order valence-electron chi connectivity index (χ3n) is 2.17. The molecular weight excluding hydrogens is 176 g/mol. The van der Waals surface area contributed by atoms with Gasteiger partial charge >= 0.3 is 0 Å². The average Bonchev–Trinajstić information content (AvgIpc) is 2.18. The van der Waals surface area contributed by atoms with Crippen LogP contribution in [0.4, 0.5) is 0 Å². The maximum atomic E-state index is 4.34. The highest BCUT2D eigenvalue weighted by molar-refractivity contribution is 6.05. The zero-order valence-electron chi connectivity index (χ0n) is 7.68. The van der Waals surface area contributed by atoms with Crippen molar-refractivity contribution >= 4 is 18.0 Å². The molecule has 0 amide bonds. The van der Waals surface area contributed by atoms with E-state index in [0.29, 0.717) is 5.96 Å². The molecule has 0 aliphatic carbocycles. The van der Waals surface area contributed by atoms with E-state index in [1.165, 1.54) is 0 Å². The molecule has 3 aliphatic heterocycles. The van der Waals surface area contributed by atoms with Crippen molar-refractivity contribution in [3.63, 3.8) is 0 Å². The molecule has 3 aliphatic rings. The molecule has 0 saturated heterocycles. The number of hydrogen-bond donors (Lipinski definition) is 0. The second-order valence-electron chi connectivity index (χ2n) is 3.16. The first-order valence-corrected chi connectivity index (χ1v) is 4.41.